The van der Waals surface area contributed by atoms with Crippen LogP contribution in [-0.4, -0.2) is 24.1 Å². The molecule has 0 aliphatic carbocycles. The first-order valence-corrected chi connectivity index (χ1v) is 5.87. The zero-order valence-electron chi connectivity index (χ0n) is 9.40. The standard InChI is InChI=1S/C10H7ClF3NO3S/c1-18-9(17)15(8(11)16)6-2-4-7(5-3-6)19-10(12,13)14/h2-5H,1H3. The summed E-state index contributed by atoms with van der Waals surface area (Å²) in [5, 5.41) is -1.12. The van der Waals surface area contributed by atoms with Crippen molar-refractivity contribution >= 4 is 40.5 Å². The second-order valence-corrected chi connectivity index (χ2v) is 4.56. The zero-order chi connectivity index (χ0) is 14.6. The van der Waals surface area contributed by atoms with Gasteiger partial charge in [0.25, 0.3) is 0 Å². The minimum absolute atomic E-state index is 0.0124. The predicted molar refractivity (Wildman–Crippen MR) is 64.5 cm³/mol. The highest BCUT2D eigenvalue weighted by molar-refractivity contribution is 8.00. The quantitative estimate of drug-likeness (QED) is 0.466. The molecule has 1 aromatic rings. The largest absolute Gasteiger partial charge is 0.452 e. The number of carbonyl (C=O) groups excluding carboxylic acids is 2. The highest BCUT2D eigenvalue weighted by Crippen LogP contribution is 2.37. The summed E-state index contributed by atoms with van der Waals surface area (Å²) < 4.78 is 40.7. The molecule has 2 amide bonds. The average Bonchev–Trinajstić information content (AvgIpc) is 2.29. The van der Waals surface area contributed by atoms with Crippen molar-refractivity contribution in [2.45, 2.75) is 10.4 Å². The lowest BCUT2D eigenvalue weighted by Crippen LogP contribution is -2.32. The van der Waals surface area contributed by atoms with Crippen LogP contribution in [0.15, 0.2) is 29.2 Å². The molecule has 4 nitrogen and oxygen atoms in total. The average molecular weight is 314 g/mol. The molecule has 0 bridgehead atoms. The molecule has 9 heteroatoms. The summed E-state index contributed by atoms with van der Waals surface area (Å²) in [5.74, 6) is 0. The van der Waals surface area contributed by atoms with Crippen molar-refractivity contribution in [2.75, 3.05) is 12.0 Å². The number of anilines is 1. The van der Waals surface area contributed by atoms with Gasteiger partial charge >= 0.3 is 17.0 Å². The fourth-order valence-corrected chi connectivity index (χ4v) is 1.87. The molecule has 0 saturated carbocycles. The van der Waals surface area contributed by atoms with Crippen molar-refractivity contribution in [1.82, 2.24) is 0 Å². The highest BCUT2D eigenvalue weighted by atomic mass is 35.5. The Balaban J connectivity index is 2.96. The van der Waals surface area contributed by atoms with Crippen LogP contribution in [0.25, 0.3) is 0 Å². The van der Waals surface area contributed by atoms with Gasteiger partial charge in [0.15, 0.2) is 0 Å². The van der Waals surface area contributed by atoms with Gasteiger partial charge in [-0.3, -0.25) is 4.79 Å². The number of amides is 2. The zero-order valence-corrected chi connectivity index (χ0v) is 11.0. The molecule has 0 aliphatic heterocycles. The third kappa shape index (κ3) is 4.64. The molecule has 0 saturated heterocycles. The van der Waals surface area contributed by atoms with Gasteiger partial charge in [0.2, 0.25) is 0 Å². The predicted octanol–water partition coefficient (Wildman–Crippen LogP) is 4.23. The second kappa shape index (κ2) is 6.16. The summed E-state index contributed by atoms with van der Waals surface area (Å²) in [6.45, 7) is 0. The molecule has 0 unspecified atom stereocenters. The molecular weight excluding hydrogens is 307 g/mol. The third-order valence-electron chi connectivity index (χ3n) is 1.86. The molecule has 1 rings (SSSR count). The summed E-state index contributed by atoms with van der Waals surface area (Å²) in [6, 6.07) is 4.54. The Bertz CT molecular complexity index is 478. The Morgan fingerprint density at radius 3 is 2.16 bits per heavy atom. The van der Waals surface area contributed by atoms with Gasteiger partial charge in [0.05, 0.1) is 12.8 Å². The van der Waals surface area contributed by atoms with Crippen LogP contribution in [0.3, 0.4) is 0 Å². The van der Waals surface area contributed by atoms with Gasteiger partial charge < -0.3 is 4.74 Å². The number of imide groups is 1. The van der Waals surface area contributed by atoms with E-state index in [1.807, 2.05) is 0 Å². The Morgan fingerprint density at radius 1 is 1.26 bits per heavy atom. The van der Waals surface area contributed by atoms with Gasteiger partial charge in [-0.1, -0.05) is 0 Å². The SMILES string of the molecule is COC(=O)N(C(=O)Cl)c1ccc(SC(F)(F)F)cc1. The maximum absolute atomic E-state index is 12.1. The topological polar surface area (TPSA) is 46.6 Å². The van der Waals surface area contributed by atoms with Crippen molar-refractivity contribution < 1.29 is 27.5 Å². The van der Waals surface area contributed by atoms with Crippen molar-refractivity contribution in [3.05, 3.63) is 24.3 Å². The van der Waals surface area contributed by atoms with Crippen LogP contribution in [0.1, 0.15) is 0 Å². The summed E-state index contributed by atoms with van der Waals surface area (Å²) in [7, 11) is 1.04. The summed E-state index contributed by atoms with van der Waals surface area (Å²) in [5.41, 5.74) is -4.40. The number of methoxy groups -OCH3 is 1. The molecule has 0 heterocycles. The van der Waals surface area contributed by atoms with Crippen molar-refractivity contribution in [1.29, 1.82) is 0 Å². The monoisotopic (exact) mass is 313 g/mol. The van der Waals surface area contributed by atoms with Gasteiger partial charge in [0, 0.05) is 4.90 Å². The fourth-order valence-electron chi connectivity index (χ4n) is 1.17. The van der Waals surface area contributed by atoms with Crippen molar-refractivity contribution in [3.63, 3.8) is 0 Å². The Labute approximate surface area is 115 Å². The van der Waals surface area contributed by atoms with E-state index < -0.39 is 17.0 Å². The van der Waals surface area contributed by atoms with E-state index in [1.54, 1.807) is 0 Å². The molecule has 1 aromatic carbocycles. The molecule has 0 radical (unpaired) electrons. The van der Waals surface area contributed by atoms with E-state index in [2.05, 4.69) is 4.74 Å². The van der Waals surface area contributed by atoms with Crippen LogP contribution < -0.4 is 4.90 Å². The maximum Gasteiger partial charge on any atom is 0.446 e. The number of thioether (sulfide) groups is 1. The minimum Gasteiger partial charge on any atom is -0.452 e. The Hall–Kier alpha value is -1.41. The van der Waals surface area contributed by atoms with E-state index in [1.165, 1.54) is 0 Å². The second-order valence-electron chi connectivity index (χ2n) is 3.10. The third-order valence-corrected chi connectivity index (χ3v) is 2.77. The first-order valence-electron chi connectivity index (χ1n) is 4.68. The Morgan fingerprint density at radius 2 is 1.79 bits per heavy atom. The van der Waals surface area contributed by atoms with Crippen LogP contribution in [0.4, 0.5) is 28.4 Å². The Kier molecular flexibility index (Phi) is 5.07. The van der Waals surface area contributed by atoms with Crippen LogP contribution in [0.5, 0.6) is 0 Å². The van der Waals surface area contributed by atoms with Crippen LogP contribution in [0, 0.1) is 0 Å². The van der Waals surface area contributed by atoms with Gasteiger partial charge in [-0.2, -0.15) is 13.2 Å². The molecule has 19 heavy (non-hydrogen) atoms. The summed E-state index contributed by atoms with van der Waals surface area (Å²) >= 11 is 4.89. The van der Waals surface area contributed by atoms with E-state index in [0.29, 0.717) is 4.90 Å². The molecule has 0 spiro atoms. The lowest BCUT2D eigenvalue weighted by molar-refractivity contribution is -0.0328. The molecule has 0 N–H and O–H groups in total. The number of hydrogen-bond donors (Lipinski definition) is 0. The number of halogens is 4. The van der Waals surface area contributed by atoms with E-state index in [9.17, 15) is 22.8 Å². The van der Waals surface area contributed by atoms with Gasteiger partial charge in [-0.15, -0.1) is 0 Å². The number of ether oxygens (including phenoxy) is 1. The number of nitrogens with zero attached hydrogens (tertiary/aromatic N) is 1. The van der Waals surface area contributed by atoms with Gasteiger partial charge in [0.1, 0.15) is 0 Å². The van der Waals surface area contributed by atoms with E-state index >= 15 is 0 Å². The van der Waals surface area contributed by atoms with E-state index in [4.69, 9.17) is 11.6 Å². The first-order chi connectivity index (χ1) is 8.74. The van der Waals surface area contributed by atoms with Crippen molar-refractivity contribution in [2.24, 2.45) is 0 Å². The highest BCUT2D eigenvalue weighted by Gasteiger charge is 2.29. The number of alkyl halides is 3. The van der Waals surface area contributed by atoms with Crippen LogP contribution in [0.2, 0.25) is 0 Å². The normalized spacial score (nSPS) is 11.0. The van der Waals surface area contributed by atoms with Crippen LogP contribution >= 0.6 is 23.4 Å². The van der Waals surface area contributed by atoms with Gasteiger partial charge in [-0.05, 0) is 47.6 Å². The molecule has 0 fully saturated rings. The van der Waals surface area contributed by atoms with Gasteiger partial charge in [-0.25, -0.2) is 9.69 Å². The van der Waals surface area contributed by atoms with E-state index in [0.717, 1.165) is 31.4 Å². The first kappa shape index (κ1) is 15.6. The lowest BCUT2D eigenvalue weighted by Gasteiger charge is -2.16. The molecule has 104 valence electrons. The van der Waals surface area contributed by atoms with Crippen LogP contribution in [-0.2, 0) is 4.74 Å². The lowest BCUT2D eigenvalue weighted by atomic mass is 10.3. The number of hydrogen-bond acceptors (Lipinski definition) is 4. The maximum atomic E-state index is 12.1. The molecule has 0 aliphatic rings. The van der Waals surface area contributed by atoms with E-state index in [-0.39, 0.29) is 22.3 Å². The summed E-state index contributed by atoms with van der Waals surface area (Å²) in [4.78, 5) is 22.8. The summed E-state index contributed by atoms with van der Waals surface area (Å²) in [6.07, 6.45) is -1.03. The smallest absolute Gasteiger partial charge is 0.446 e. The molecule has 0 atom stereocenters. The molecular formula is C10H7ClF3NO3S. The number of carbonyl (C=O) groups is 2. The number of rotatable bonds is 2. The minimum atomic E-state index is -4.41. The van der Waals surface area contributed by atoms with Crippen molar-refractivity contribution in [3.8, 4) is 0 Å². The fraction of sp³-hybridized carbons (Fsp3) is 0.200. The molecule has 0 aromatic heterocycles. The number of benzene rings is 1.